The molecule has 0 bridgehead atoms. The standard InChI is InChI=1S/C22H22ClN3O7S/c1-12-4-7-18(33-12)14-5-9-20(16(23)10-14)34(30,31)26-17-11-15(6-8-19(17)32-3)25-21(27)13(2)24-22(28)29/h4-11,13,24,26H,1-3H3,(H,25,27)(H,28,29)/t13-/m0/s1. The van der Waals surface area contributed by atoms with Crippen molar-refractivity contribution in [1.82, 2.24) is 5.32 Å². The molecular weight excluding hydrogens is 486 g/mol. The molecule has 0 saturated carbocycles. The molecule has 180 valence electrons. The third-order valence-corrected chi connectivity index (χ3v) is 6.54. The third-order valence-electron chi connectivity index (χ3n) is 4.69. The molecule has 0 aliphatic carbocycles. The second kappa shape index (κ2) is 10.1. The Bertz CT molecular complexity index is 1340. The van der Waals surface area contributed by atoms with Gasteiger partial charge in [-0.2, -0.15) is 0 Å². The van der Waals surface area contributed by atoms with Gasteiger partial charge in [-0.3, -0.25) is 9.52 Å². The summed E-state index contributed by atoms with van der Waals surface area (Å²) in [7, 11) is -2.78. The summed E-state index contributed by atoms with van der Waals surface area (Å²) in [6.45, 7) is 3.16. The topological polar surface area (TPSA) is 147 Å². The Kier molecular flexibility index (Phi) is 7.38. The lowest BCUT2D eigenvalue weighted by Gasteiger charge is -2.16. The molecule has 1 heterocycles. The fraction of sp³-hybridized carbons (Fsp3) is 0.182. The number of nitrogens with one attached hydrogen (secondary N) is 3. The number of amides is 2. The third kappa shape index (κ3) is 5.80. The van der Waals surface area contributed by atoms with Crippen LogP contribution in [-0.2, 0) is 14.8 Å². The molecule has 1 atom stereocenters. The Labute approximate surface area is 200 Å². The lowest BCUT2D eigenvalue weighted by molar-refractivity contribution is -0.117. The molecule has 4 N–H and O–H groups in total. The number of sulfonamides is 1. The van der Waals surface area contributed by atoms with Crippen LogP contribution in [-0.4, -0.2) is 38.7 Å². The van der Waals surface area contributed by atoms with Crippen molar-refractivity contribution in [3.63, 3.8) is 0 Å². The molecule has 12 heteroatoms. The Hall–Kier alpha value is -3.70. The predicted octanol–water partition coefficient (Wildman–Crippen LogP) is 4.31. The van der Waals surface area contributed by atoms with Crippen molar-refractivity contribution in [1.29, 1.82) is 0 Å². The molecule has 0 spiro atoms. The predicted molar refractivity (Wildman–Crippen MR) is 127 cm³/mol. The number of ether oxygens (including phenoxy) is 1. The van der Waals surface area contributed by atoms with Gasteiger partial charge in [-0.1, -0.05) is 11.6 Å². The van der Waals surface area contributed by atoms with E-state index in [9.17, 15) is 18.0 Å². The number of furan rings is 1. The number of methoxy groups -OCH3 is 1. The average Bonchev–Trinajstić information content (AvgIpc) is 3.19. The van der Waals surface area contributed by atoms with E-state index in [1.54, 1.807) is 25.1 Å². The second-order valence-electron chi connectivity index (χ2n) is 7.24. The smallest absolute Gasteiger partial charge is 0.405 e. The van der Waals surface area contributed by atoms with Crippen LogP contribution in [0.3, 0.4) is 0 Å². The summed E-state index contributed by atoms with van der Waals surface area (Å²) >= 11 is 6.28. The van der Waals surface area contributed by atoms with Crippen LogP contribution in [0.25, 0.3) is 11.3 Å². The second-order valence-corrected chi connectivity index (χ2v) is 9.29. The molecule has 0 aliphatic heterocycles. The zero-order valence-corrected chi connectivity index (χ0v) is 20.0. The van der Waals surface area contributed by atoms with E-state index in [4.69, 9.17) is 25.9 Å². The van der Waals surface area contributed by atoms with E-state index in [0.717, 1.165) is 0 Å². The number of anilines is 2. The molecular formula is C22H22ClN3O7S. The molecule has 10 nitrogen and oxygen atoms in total. The Balaban J connectivity index is 1.86. The summed E-state index contributed by atoms with van der Waals surface area (Å²) in [5.41, 5.74) is 0.876. The van der Waals surface area contributed by atoms with E-state index >= 15 is 0 Å². The Morgan fingerprint density at radius 2 is 1.85 bits per heavy atom. The van der Waals surface area contributed by atoms with Gasteiger partial charge in [0.1, 0.15) is 28.2 Å². The van der Waals surface area contributed by atoms with Gasteiger partial charge in [-0.15, -0.1) is 0 Å². The molecule has 34 heavy (non-hydrogen) atoms. The normalized spacial score (nSPS) is 12.0. The van der Waals surface area contributed by atoms with Crippen LogP contribution in [0.1, 0.15) is 12.7 Å². The first-order chi connectivity index (χ1) is 16.0. The van der Waals surface area contributed by atoms with Crippen molar-refractivity contribution in [2.75, 3.05) is 17.1 Å². The fourth-order valence-electron chi connectivity index (χ4n) is 3.03. The highest BCUT2D eigenvalue weighted by molar-refractivity contribution is 7.92. The molecule has 0 saturated heterocycles. The molecule has 3 aromatic rings. The van der Waals surface area contributed by atoms with E-state index in [1.165, 1.54) is 44.4 Å². The lowest BCUT2D eigenvalue weighted by atomic mass is 10.2. The monoisotopic (exact) mass is 507 g/mol. The van der Waals surface area contributed by atoms with Gasteiger partial charge in [-0.05, 0) is 62.4 Å². The number of benzene rings is 2. The molecule has 0 fully saturated rings. The number of hydrogen-bond donors (Lipinski definition) is 4. The van der Waals surface area contributed by atoms with Crippen LogP contribution >= 0.6 is 11.6 Å². The molecule has 2 amide bonds. The zero-order valence-electron chi connectivity index (χ0n) is 18.4. The minimum Gasteiger partial charge on any atom is -0.495 e. The highest BCUT2D eigenvalue weighted by atomic mass is 35.5. The number of hydrogen-bond acceptors (Lipinski definition) is 6. The van der Waals surface area contributed by atoms with E-state index in [2.05, 4.69) is 10.0 Å². The molecule has 0 aliphatic rings. The quantitative estimate of drug-likeness (QED) is 0.355. The minimum absolute atomic E-state index is 0.0175. The van der Waals surface area contributed by atoms with E-state index < -0.39 is 28.1 Å². The summed E-state index contributed by atoms with van der Waals surface area (Å²) < 4.78 is 39.3. The van der Waals surface area contributed by atoms with Gasteiger partial charge in [0.2, 0.25) is 5.91 Å². The first-order valence-electron chi connectivity index (χ1n) is 9.87. The van der Waals surface area contributed by atoms with Crippen molar-refractivity contribution in [3.8, 4) is 17.1 Å². The van der Waals surface area contributed by atoms with E-state index in [1.807, 2.05) is 5.32 Å². The van der Waals surface area contributed by atoms with Gasteiger partial charge < -0.3 is 24.9 Å². The summed E-state index contributed by atoms with van der Waals surface area (Å²) in [6, 6.07) is 11.2. The van der Waals surface area contributed by atoms with Crippen LogP contribution in [0.5, 0.6) is 5.75 Å². The highest BCUT2D eigenvalue weighted by Crippen LogP contribution is 2.33. The molecule has 3 rings (SSSR count). The number of halogens is 1. The average molecular weight is 508 g/mol. The number of aryl methyl sites for hydroxylation is 1. The summed E-state index contributed by atoms with van der Waals surface area (Å²) in [4.78, 5) is 22.7. The molecule has 2 aromatic carbocycles. The van der Waals surface area contributed by atoms with Crippen LogP contribution in [0, 0.1) is 6.92 Å². The number of carboxylic acid groups (broad SMARTS) is 1. The first-order valence-corrected chi connectivity index (χ1v) is 11.7. The van der Waals surface area contributed by atoms with Crippen LogP contribution in [0.2, 0.25) is 5.02 Å². The van der Waals surface area contributed by atoms with Gasteiger partial charge in [0, 0.05) is 11.3 Å². The Morgan fingerprint density at radius 1 is 1.12 bits per heavy atom. The van der Waals surface area contributed by atoms with E-state index in [0.29, 0.717) is 17.1 Å². The van der Waals surface area contributed by atoms with Gasteiger partial charge >= 0.3 is 6.09 Å². The maximum Gasteiger partial charge on any atom is 0.405 e. The van der Waals surface area contributed by atoms with Crippen molar-refractivity contribution in [2.24, 2.45) is 0 Å². The van der Waals surface area contributed by atoms with Crippen LogP contribution in [0.4, 0.5) is 16.2 Å². The number of carbonyl (C=O) groups excluding carboxylic acids is 1. The maximum atomic E-state index is 13.1. The van der Waals surface area contributed by atoms with Gasteiger partial charge in [0.15, 0.2) is 0 Å². The SMILES string of the molecule is COc1ccc(NC(=O)[C@H](C)NC(=O)O)cc1NS(=O)(=O)c1ccc(-c2ccc(C)o2)cc1Cl. The maximum absolute atomic E-state index is 13.1. The lowest BCUT2D eigenvalue weighted by Crippen LogP contribution is -2.40. The highest BCUT2D eigenvalue weighted by Gasteiger charge is 2.22. The minimum atomic E-state index is -4.14. The van der Waals surface area contributed by atoms with E-state index in [-0.39, 0.29) is 27.0 Å². The van der Waals surface area contributed by atoms with Crippen LogP contribution in [0.15, 0.2) is 57.8 Å². The van der Waals surface area contributed by atoms with Crippen molar-refractivity contribution < 1.29 is 32.3 Å². The van der Waals surface area contributed by atoms with Gasteiger partial charge in [-0.25, -0.2) is 13.2 Å². The van der Waals surface area contributed by atoms with Crippen molar-refractivity contribution in [2.45, 2.75) is 24.8 Å². The number of carbonyl (C=O) groups is 2. The van der Waals surface area contributed by atoms with Crippen molar-refractivity contribution in [3.05, 3.63) is 59.3 Å². The van der Waals surface area contributed by atoms with Crippen LogP contribution < -0.4 is 20.1 Å². The van der Waals surface area contributed by atoms with Gasteiger partial charge in [0.25, 0.3) is 10.0 Å². The molecule has 0 radical (unpaired) electrons. The fourth-order valence-corrected chi connectivity index (χ4v) is 4.64. The summed E-state index contributed by atoms with van der Waals surface area (Å²) in [5.74, 6) is 0.815. The summed E-state index contributed by atoms with van der Waals surface area (Å²) in [5, 5.41) is 13.3. The first kappa shape index (κ1) is 24.9. The van der Waals surface area contributed by atoms with Crippen molar-refractivity contribution >= 4 is 45.0 Å². The Morgan fingerprint density at radius 3 is 2.44 bits per heavy atom. The number of rotatable bonds is 8. The molecule has 1 aromatic heterocycles. The zero-order chi connectivity index (χ0) is 25.0. The largest absolute Gasteiger partial charge is 0.495 e. The summed E-state index contributed by atoms with van der Waals surface area (Å²) in [6.07, 6.45) is -1.35. The molecule has 0 unspecified atom stereocenters. The van der Waals surface area contributed by atoms with Gasteiger partial charge in [0.05, 0.1) is 17.8 Å².